The Balaban J connectivity index is 1.89. The fraction of sp³-hybridized carbons (Fsp3) is 0.160. The first-order valence-electron chi connectivity index (χ1n) is 10.1. The van der Waals surface area contributed by atoms with E-state index in [2.05, 4.69) is 15.4 Å². The quantitative estimate of drug-likeness (QED) is 0.369. The Kier molecular flexibility index (Phi) is 8.02. The highest BCUT2D eigenvalue weighted by molar-refractivity contribution is 6.06. The maximum atomic E-state index is 12.9. The second kappa shape index (κ2) is 11.3. The highest BCUT2D eigenvalue weighted by Gasteiger charge is 2.13. The van der Waals surface area contributed by atoms with Gasteiger partial charge >= 0.3 is 6.09 Å². The van der Waals surface area contributed by atoms with Crippen molar-refractivity contribution < 1.29 is 28.6 Å². The van der Waals surface area contributed by atoms with Crippen LogP contribution in [-0.4, -0.2) is 39.3 Å². The lowest BCUT2D eigenvalue weighted by molar-refractivity contribution is -0.128. The van der Waals surface area contributed by atoms with E-state index in [-0.39, 0.29) is 12.5 Å². The second-order valence-electron chi connectivity index (χ2n) is 6.97. The summed E-state index contributed by atoms with van der Waals surface area (Å²) in [6.45, 7) is 0.646. The molecule has 0 bridgehead atoms. The van der Waals surface area contributed by atoms with E-state index in [0.29, 0.717) is 35.6 Å². The zero-order chi connectivity index (χ0) is 23.6. The summed E-state index contributed by atoms with van der Waals surface area (Å²) in [5, 5.41) is 5.57. The largest absolute Gasteiger partial charge is 0.497 e. The van der Waals surface area contributed by atoms with Crippen LogP contribution in [0.4, 0.5) is 16.2 Å². The smallest absolute Gasteiger partial charge is 0.411 e. The van der Waals surface area contributed by atoms with Crippen LogP contribution in [0.1, 0.15) is 15.9 Å². The Morgan fingerprint density at radius 3 is 2.27 bits per heavy atom. The zero-order valence-corrected chi connectivity index (χ0v) is 18.3. The Bertz CT molecular complexity index is 1110. The van der Waals surface area contributed by atoms with E-state index in [9.17, 15) is 14.4 Å². The monoisotopic (exact) mass is 448 g/mol. The Morgan fingerprint density at radius 2 is 1.64 bits per heavy atom. The first-order chi connectivity index (χ1) is 16.0. The molecule has 0 aliphatic rings. The minimum absolute atomic E-state index is 0.239. The molecule has 0 heterocycles. The van der Waals surface area contributed by atoms with Gasteiger partial charge in [-0.3, -0.25) is 14.9 Å². The molecule has 0 unspecified atom stereocenters. The number of hydrogen-bond acceptors (Lipinski definition) is 6. The lowest BCUT2D eigenvalue weighted by Gasteiger charge is -2.14. The van der Waals surface area contributed by atoms with Gasteiger partial charge in [-0.05, 0) is 53.6 Å². The van der Waals surface area contributed by atoms with E-state index in [0.717, 1.165) is 16.7 Å². The van der Waals surface area contributed by atoms with Gasteiger partial charge in [-0.1, -0.05) is 24.3 Å². The minimum atomic E-state index is -0.558. The molecule has 33 heavy (non-hydrogen) atoms. The summed E-state index contributed by atoms with van der Waals surface area (Å²) in [7, 11) is 2.86. The maximum Gasteiger partial charge on any atom is 0.411 e. The molecule has 3 aromatic rings. The van der Waals surface area contributed by atoms with Crippen molar-refractivity contribution in [2.45, 2.75) is 6.42 Å². The molecule has 8 heteroatoms. The van der Waals surface area contributed by atoms with Crippen molar-refractivity contribution in [1.29, 1.82) is 0 Å². The molecule has 8 nitrogen and oxygen atoms in total. The van der Waals surface area contributed by atoms with Gasteiger partial charge in [0.05, 0.1) is 20.8 Å². The number of carbonyl (C=O) groups excluding carboxylic acids is 3. The van der Waals surface area contributed by atoms with E-state index in [1.807, 2.05) is 30.3 Å². The summed E-state index contributed by atoms with van der Waals surface area (Å²) in [4.78, 5) is 34.7. The number of carbonyl (C=O) groups is 3. The molecule has 0 saturated carbocycles. The molecule has 0 fully saturated rings. The van der Waals surface area contributed by atoms with Gasteiger partial charge < -0.3 is 19.5 Å². The Labute approximate surface area is 191 Å². The van der Waals surface area contributed by atoms with Gasteiger partial charge in [0.2, 0.25) is 0 Å². The summed E-state index contributed by atoms with van der Waals surface area (Å²) < 4.78 is 14.5. The summed E-state index contributed by atoms with van der Waals surface area (Å²) in [5.74, 6) is 0.384. The molecule has 3 aromatic carbocycles. The molecule has 0 saturated heterocycles. The molecule has 0 spiro atoms. The van der Waals surface area contributed by atoms with Gasteiger partial charge in [0.1, 0.15) is 5.75 Å². The highest BCUT2D eigenvalue weighted by Crippen LogP contribution is 2.31. The van der Waals surface area contributed by atoms with Crippen LogP contribution < -0.4 is 15.4 Å². The van der Waals surface area contributed by atoms with Crippen LogP contribution in [0.2, 0.25) is 0 Å². The molecular formula is C25H24N2O6. The lowest BCUT2D eigenvalue weighted by Crippen LogP contribution is -2.13. The lowest BCUT2D eigenvalue weighted by atomic mass is 9.99. The average molecular weight is 448 g/mol. The number of amides is 2. The van der Waals surface area contributed by atoms with E-state index in [1.165, 1.54) is 7.11 Å². The second-order valence-corrected chi connectivity index (χ2v) is 6.97. The van der Waals surface area contributed by atoms with Crippen molar-refractivity contribution in [2.24, 2.45) is 0 Å². The number of rotatable bonds is 9. The van der Waals surface area contributed by atoms with E-state index in [4.69, 9.17) is 9.47 Å². The van der Waals surface area contributed by atoms with E-state index >= 15 is 0 Å². The number of hydrogen-bond donors (Lipinski definition) is 2. The van der Waals surface area contributed by atoms with Crippen molar-refractivity contribution in [3.63, 3.8) is 0 Å². The van der Waals surface area contributed by atoms with Gasteiger partial charge in [-0.15, -0.1) is 0 Å². The molecule has 0 aliphatic heterocycles. The maximum absolute atomic E-state index is 12.9. The molecule has 2 N–H and O–H groups in total. The summed E-state index contributed by atoms with van der Waals surface area (Å²) in [6.07, 6.45) is -0.0519. The van der Waals surface area contributed by atoms with Crippen LogP contribution in [0.3, 0.4) is 0 Å². The summed E-state index contributed by atoms with van der Waals surface area (Å²) in [5.41, 5.74) is 4.20. The third-order valence-electron chi connectivity index (χ3n) is 4.89. The predicted molar refractivity (Wildman–Crippen MR) is 125 cm³/mol. The predicted octanol–water partition coefficient (Wildman–Crippen LogP) is 4.51. The molecule has 0 aromatic heterocycles. The van der Waals surface area contributed by atoms with Gasteiger partial charge in [0.15, 0.2) is 0 Å². The van der Waals surface area contributed by atoms with Crippen molar-refractivity contribution in [1.82, 2.24) is 0 Å². The average Bonchev–Trinajstić information content (AvgIpc) is 2.85. The molecule has 0 radical (unpaired) electrons. The topological polar surface area (TPSA) is 103 Å². The van der Waals surface area contributed by atoms with Gasteiger partial charge in [0, 0.05) is 28.9 Å². The van der Waals surface area contributed by atoms with Gasteiger partial charge in [-0.25, -0.2) is 4.79 Å². The van der Waals surface area contributed by atoms with Crippen molar-refractivity contribution in [3.8, 4) is 16.9 Å². The number of benzene rings is 3. The molecule has 0 atom stereocenters. The Morgan fingerprint density at radius 1 is 0.909 bits per heavy atom. The third-order valence-corrected chi connectivity index (χ3v) is 4.89. The van der Waals surface area contributed by atoms with Gasteiger partial charge in [0.25, 0.3) is 12.4 Å². The van der Waals surface area contributed by atoms with Crippen LogP contribution in [0, 0.1) is 0 Å². The van der Waals surface area contributed by atoms with Crippen molar-refractivity contribution in [2.75, 3.05) is 31.5 Å². The van der Waals surface area contributed by atoms with Crippen LogP contribution in [0.25, 0.3) is 11.1 Å². The van der Waals surface area contributed by atoms with Gasteiger partial charge in [-0.2, -0.15) is 0 Å². The molecular weight excluding hydrogens is 424 g/mol. The number of ether oxygens (including phenoxy) is 3. The normalized spacial score (nSPS) is 10.1. The van der Waals surface area contributed by atoms with Crippen molar-refractivity contribution >= 4 is 29.8 Å². The third kappa shape index (κ3) is 6.33. The van der Waals surface area contributed by atoms with Crippen LogP contribution in [-0.2, 0) is 20.7 Å². The molecule has 170 valence electrons. The fourth-order valence-corrected chi connectivity index (χ4v) is 3.17. The van der Waals surface area contributed by atoms with E-state index < -0.39 is 6.09 Å². The summed E-state index contributed by atoms with van der Waals surface area (Å²) in [6, 6.07) is 19.6. The van der Waals surface area contributed by atoms with Crippen LogP contribution in [0.15, 0.2) is 66.7 Å². The SMILES string of the molecule is COC(=O)Nc1ccc(-c2ccc(CCOC=O)cc2NC(=O)c2ccc(OC)cc2)cc1. The number of nitrogens with one attached hydrogen (secondary N) is 2. The molecule has 3 rings (SSSR count). The number of anilines is 2. The summed E-state index contributed by atoms with van der Waals surface area (Å²) >= 11 is 0. The Hall–Kier alpha value is -4.33. The first kappa shape index (κ1) is 23.3. The first-order valence-corrected chi connectivity index (χ1v) is 10.1. The molecule has 2 amide bonds. The van der Waals surface area contributed by atoms with E-state index in [1.54, 1.807) is 43.5 Å². The minimum Gasteiger partial charge on any atom is -0.497 e. The standard InChI is InChI=1S/C25H24N2O6/c1-31-21-10-6-19(7-11-21)24(29)27-23-15-17(13-14-33-16-28)3-12-22(23)18-4-8-20(9-5-18)26-25(30)32-2/h3-12,15-16H,13-14H2,1-2H3,(H,26,30)(H,27,29). The zero-order valence-electron chi connectivity index (χ0n) is 18.3. The van der Waals surface area contributed by atoms with Crippen LogP contribution in [0.5, 0.6) is 5.75 Å². The molecule has 0 aliphatic carbocycles. The number of methoxy groups -OCH3 is 2. The fourth-order valence-electron chi connectivity index (χ4n) is 3.17. The van der Waals surface area contributed by atoms with Crippen LogP contribution >= 0.6 is 0 Å². The highest BCUT2D eigenvalue weighted by atomic mass is 16.5. The van der Waals surface area contributed by atoms with Crippen molar-refractivity contribution in [3.05, 3.63) is 77.9 Å².